The van der Waals surface area contributed by atoms with E-state index in [2.05, 4.69) is 46.4 Å². The van der Waals surface area contributed by atoms with Crippen molar-refractivity contribution in [3.05, 3.63) is 53.3 Å². The number of fused-ring (bicyclic) bond motifs is 1. The van der Waals surface area contributed by atoms with E-state index in [-0.39, 0.29) is 18.1 Å². The van der Waals surface area contributed by atoms with E-state index in [4.69, 9.17) is 0 Å². The average molecular weight is 388 g/mol. The summed E-state index contributed by atoms with van der Waals surface area (Å²) in [5, 5.41) is 27.1. The monoisotopic (exact) mass is 388 g/mol. The van der Waals surface area contributed by atoms with E-state index in [9.17, 15) is 10.4 Å². The zero-order valence-corrected chi connectivity index (χ0v) is 16.8. The Bertz CT molecular complexity index is 1100. The summed E-state index contributed by atoms with van der Waals surface area (Å²) in [5.41, 5.74) is 3.99. The molecule has 29 heavy (non-hydrogen) atoms. The molecule has 1 unspecified atom stereocenters. The van der Waals surface area contributed by atoms with Crippen molar-refractivity contribution in [3.63, 3.8) is 0 Å². The van der Waals surface area contributed by atoms with E-state index in [1.165, 1.54) is 0 Å². The number of hydrogen-bond acceptors (Lipinski definition) is 6. The SMILES string of the molecule is CC(C)n1nccc1Nc1nccc(-c2cc(C#N)c3c(c2)C(C)(CO)CC3)n1. The zero-order chi connectivity index (χ0) is 20.6. The average Bonchev–Trinajstić information content (AvgIpc) is 3.33. The lowest BCUT2D eigenvalue weighted by Gasteiger charge is -2.23. The summed E-state index contributed by atoms with van der Waals surface area (Å²) in [5.74, 6) is 1.28. The highest BCUT2D eigenvalue weighted by atomic mass is 16.3. The van der Waals surface area contributed by atoms with Gasteiger partial charge in [0.25, 0.3) is 0 Å². The Morgan fingerprint density at radius 3 is 2.86 bits per heavy atom. The van der Waals surface area contributed by atoms with Crippen LogP contribution < -0.4 is 5.32 Å². The van der Waals surface area contributed by atoms with E-state index in [1.54, 1.807) is 12.4 Å². The number of aliphatic hydroxyl groups is 1. The molecule has 3 aromatic rings. The third kappa shape index (κ3) is 3.36. The topological polar surface area (TPSA) is 99.7 Å². The van der Waals surface area contributed by atoms with E-state index in [0.29, 0.717) is 11.5 Å². The molecule has 1 aromatic carbocycles. The van der Waals surface area contributed by atoms with Gasteiger partial charge in [-0.25, -0.2) is 14.6 Å². The first kappa shape index (κ1) is 19.1. The lowest BCUT2D eigenvalue weighted by atomic mass is 9.83. The number of rotatable bonds is 5. The second-order valence-electron chi connectivity index (χ2n) is 8.03. The molecular weight excluding hydrogens is 364 g/mol. The normalized spacial score (nSPS) is 17.9. The Balaban J connectivity index is 1.73. The molecule has 4 rings (SSSR count). The fraction of sp³-hybridized carbons (Fsp3) is 0.364. The van der Waals surface area contributed by atoms with Gasteiger partial charge in [0.05, 0.1) is 30.1 Å². The van der Waals surface area contributed by atoms with Crippen molar-refractivity contribution in [3.8, 4) is 17.3 Å². The van der Waals surface area contributed by atoms with Crippen LogP contribution in [0.5, 0.6) is 0 Å². The molecular formula is C22H24N6O. The molecule has 1 aliphatic carbocycles. The number of nitrogens with one attached hydrogen (secondary N) is 1. The van der Waals surface area contributed by atoms with Crippen LogP contribution in [0.25, 0.3) is 11.3 Å². The Kier molecular flexibility index (Phi) is 4.81. The van der Waals surface area contributed by atoms with Crippen LogP contribution in [0.3, 0.4) is 0 Å². The molecule has 0 aliphatic heterocycles. The second-order valence-corrected chi connectivity index (χ2v) is 8.03. The van der Waals surface area contributed by atoms with Crippen molar-refractivity contribution in [2.45, 2.75) is 45.1 Å². The summed E-state index contributed by atoms with van der Waals surface area (Å²) in [4.78, 5) is 8.99. The summed E-state index contributed by atoms with van der Waals surface area (Å²) in [7, 11) is 0. The van der Waals surface area contributed by atoms with Crippen LogP contribution in [-0.4, -0.2) is 31.5 Å². The van der Waals surface area contributed by atoms with Gasteiger partial charge >= 0.3 is 0 Å². The van der Waals surface area contributed by atoms with E-state index in [1.807, 2.05) is 29.8 Å². The van der Waals surface area contributed by atoms with Crippen molar-refractivity contribution in [2.75, 3.05) is 11.9 Å². The smallest absolute Gasteiger partial charge is 0.228 e. The Labute approximate surface area is 170 Å². The Hall–Kier alpha value is -3.24. The number of aliphatic hydroxyl groups excluding tert-OH is 1. The molecule has 0 bridgehead atoms. The lowest BCUT2D eigenvalue weighted by Crippen LogP contribution is -2.23. The molecule has 0 radical (unpaired) electrons. The van der Waals surface area contributed by atoms with Crippen LogP contribution in [0.15, 0.2) is 36.7 Å². The van der Waals surface area contributed by atoms with Gasteiger partial charge in [-0.2, -0.15) is 10.4 Å². The van der Waals surface area contributed by atoms with Crippen LogP contribution in [-0.2, 0) is 11.8 Å². The van der Waals surface area contributed by atoms with Crippen LogP contribution in [0, 0.1) is 11.3 Å². The fourth-order valence-corrected chi connectivity index (χ4v) is 3.95. The number of nitriles is 1. The van der Waals surface area contributed by atoms with Crippen LogP contribution >= 0.6 is 0 Å². The van der Waals surface area contributed by atoms with Crippen molar-refractivity contribution in [1.82, 2.24) is 19.7 Å². The molecule has 0 saturated carbocycles. The fourth-order valence-electron chi connectivity index (χ4n) is 3.95. The highest BCUT2D eigenvalue weighted by Crippen LogP contribution is 2.42. The highest BCUT2D eigenvalue weighted by Gasteiger charge is 2.35. The largest absolute Gasteiger partial charge is 0.395 e. The van der Waals surface area contributed by atoms with Gasteiger partial charge in [0, 0.05) is 29.3 Å². The maximum absolute atomic E-state index is 9.93. The van der Waals surface area contributed by atoms with Gasteiger partial charge in [0.15, 0.2) is 0 Å². The summed E-state index contributed by atoms with van der Waals surface area (Å²) in [6.45, 7) is 6.22. The number of benzene rings is 1. The van der Waals surface area contributed by atoms with Crippen LogP contribution in [0.4, 0.5) is 11.8 Å². The van der Waals surface area contributed by atoms with Crippen molar-refractivity contribution < 1.29 is 5.11 Å². The van der Waals surface area contributed by atoms with Crippen molar-refractivity contribution in [1.29, 1.82) is 5.26 Å². The van der Waals surface area contributed by atoms with Gasteiger partial charge in [-0.15, -0.1) is 0 Å². The van der Waals surface area contributed by atoms with Gasteiger partial charge in [0.2, 0.25) is 5.95 Å². The molecule has 2 N–H and O–H groups in total. The minimum atomic E-state index is -0.325. The maximum atomic E-state index is 9.93. The molecule has 0 spiro atoms. The maximum Gasteiger partial charge on any atom is 0.228 e. The predicted octanol–water partition coefficient (Wildman–Crippen LogP) is 3.73. The molecule has 7 nitrogen and oxygen atoms in total. The molecule has 1 atom stereocenters. The van der Waals surface area contributed by atoms with Crippen LogP contribution in [0.2, 0.25) is 0 Å². The third-order valence-corrected chi connectivity index (χ3v) is 5.65. The van der Waals surface area contributed by atoms with E-state index < -0.39 is 0 Å². The minimum absolute atomic E-state index is 0.0596. The van der Waals surface area contributed by atoms with Gasteiger partial charge in [-0.1, -0.05) is 6.92 Å². The molecule has 148 valence electrons. The number of nitrogens with zero attached hydrogens (tertiary/aromatic N) is 5. The van der Waals surface area contributed by atoms with Crippen LogP contribution in [0.1, 0.15) is 49.9 Å². The summed E-state index contributed by atoms with van der Waals surface area (Å²) in [6, 6.07) is 10.2. The first-order chi connectivity index (χ1) is 13.9. The molecule has 7 heteroatoms. The molecule has 0 amide bonds. The summed E-state index contributed by atoms with van der Waals surface area (Å²) < 4.78 is 1.87. The van der Waals surface area contributed by atoms with Crippen molar-refractivity contribution >= 4 is 11.8 Å². The zero-order valence-electron chi connectivity index (χ0n) is 16.8. The standard InChI is InChI=1S/C22H24N6O/c1-14(2)28-20(6-9-25-28)27-21-24-8-5-19(26-21)15-10-16(12-23)17-4-7-22(3,13-29)18(17)11-15/h5-6,8-11,14,29H,4,7,13H2,1-3H3,(H,24,26,27). The van der Waals surface area contributed by atoms with Gasteiger partial charge in [-0.3, -0.25) is 0 Å². The lowest BCUT2D eigenvalue weighted by molar-refractivity contribution is 0.206. The van der Waals surface area contributed by atoms with Gasteiger partial charge in [-0.05, 0) is 56.0 Å². The molecule has 0 fully saturated rings. The van der Waals surface area contributed by atoms with E-state index >= 15 is 0 Å². The highest BCUT2D eigenvalue weighted by molar-refractivity contribution is 5.67. The Morgan fingerprint density at radius 2 is 2.14 bits per heavy atom. The van der Waals surface area contributed by atoms with E-state index in [0.717, 1.165) is 41.0 Å². The molecule has 0 saturated heterocycles. The molecule has 2 heterocycles. The first-order valence-corrected chi connectivity index (χ1v) is 9.77. The summed E-state index contributed by atoms with van der Waals surface area (Å²) >= 11 is 0. The molecule has 2 aromatic heterocycles. The number of aromatic nitrogens is 4. The second kappa shape index (κ2) is 7.30. The predicted molar refractivity (Wildman–Crippen MR) is 111 cm³/mol. The van der Waals surface area contributed by atoms with Gasteiger partial charge in [0.1, 0.15) is 5.82 Å². The first-order valence-electron chi connectivity index (χ1n) is 9.77. The number of hydrogen-bond donors (Lipinski definition) is 2. The van der Waals surface area contributed by atoms with Gasteiger partial charge < -0.3 is 10.4 Å². The Morgan fingerprint density at radius 1 is 1.31 bits per heavy atom. The minimum Gasteiger partial charge on any atom is -0.395 e. The van der Waals surface area contributed by atoms with Crippen molar-refractivity contribution in [2.24, 2.45) is 0 Å². The molecule has 1 aliphatic rings. The quantitative estimate of drug-likeness (QED) is 0.691. The summed E-state index contributed by atoms with van der Waals surface area (Å²) in [6.07, 6.45) is 5.09. The number of anilines is 2. The third-order valence-electron chi connectivity index (χ3n) is 5.65.